The number of hydrogen-bond donors (Lipinski definition) is 0. The number of halogens is 1. The monoisotopic (exact) mass is 333 g/mol. The van der Waals surface area contributed by atoms with E-state index in [9.17, 15) is 0 Å². The van der Waals surface area contributed by atoms with Gasteiger partial charge in [-0.15, -0.1) is 0 Å². The Kier molecular flexibility index (Phi) is 3.97. The molecule has 0 atom stereocenters. The first-order valence-electron chi connectivity index (χ1n) is 7.28. The Bertz CT molecular complexity index is 605. The molecule has 2 nitrogen and oxygen atoms in total. The van der Waals surface area contributed by atoms with Crippen LogP contribution in [0.1, 0.15) is 31.4 Å². The highest BCUT2D eigenvalue weighted by molar-refractivity contribution is 9.09. The first-order valence-corrected chi connectivity index (χ1v) is 8.40. The largest absolute Gasteiger partial charge is 0.491 e. The molecule has 3 heteroatoms. The molecule has 1 aliphatic rings. The highest BCUT2D eigenvalue weighted by atomic mass is 79.9. The van der Waals surface area contributed by atoms with E-state index in [-0.39, 0.29) is 0 Å². The Morgan fingerprint density at radius 1 is 1.20 bits per heavy atom. The molecule has 0 aliphatic heterocycles. The summed E-state index contributed by atoms with van der Waals surface area (Å²) in [6.45, 7) is 2.81. The van der Waals surface area contributed by atoms with Crippen molar-refractivity contribution in [1.82, 2.24) is 4.98 Å². The second kappa shape index (κ2) is 5.72. The summed E-state index contributed by atoms with van der Waals surface area (Å²) in [7, 11) is 0. The van der Waals surface area contributed by atoms with E-state index in [1.54, 1.807) is 0 Å². The minimum absolute atomic E-state index is 0.311. The Morgan fingerprint density at radius 2 is 2.00 bits per heavy atom. The van der Waals surface area contributed by atoms with Crippen molar-refractivity contribution in [3.05, 3.63) is 36.0 Å². The van der Waals surface area contributed by atoms with Crippen LogP contribution in [-0.2, 0) is 0 Å². The van der Waals surface area contributed by atoms with Gasteiger partial charge in [0.15, 0.2) is 0 Å². The fourth-order valence-electron chi connectivity index (χ4n) is 3.01. The molecule has 1 fully saturated rings. The van der Waals surface area contributed by atoms with E-state index in [0.717, 1.165) is 34.3 Å². The number of hydrogen-bond acceptors (Lipinski definition) is 2. The Morgan fingerprint density at radius 3 is 2.75 bits per heavy atom. The lowest BCUT2D eigenvalue weighted by atomic mass is 9.90. The molecule has 0 spiro atoms. The molecule has 0 saturated heterocycles. The van der Waals surface area contributed by atoms with Gasteiger partial charge in [0.1, 0.15) is 11.3 Å². The zero-order valence-corrected chi connectivity index (χ0v) is 13.4. The maximum atomic E-state index is 6.16. The third kappa shape index (κ3) is 2.69. The number of alkyl halides is 1. The summed E-state index contributed by atoms with van der Waals surface area (Å²) in [5.41, 5.74) is 2.33. The quantitative estimate of drug-likeness (QED) is 0.744. The Hall–Kier alpha value is -1.09. The summed E-state index contributed by atoms with van der Waals surface area (Å²) in [5, 5.41) is 2.17. The van der Waals surface area contributed by atoms with Gasteiger partial charge in [0.25, 0.3) is 0 Å². The smallest absolute Gasteiger partial charge is 0.145 e. The lowest BCUT2D eigenvalue weighted by Gasteiger charge is -2.26. The van der Waals surface area contributed by atoms with E-state index < -0.39 is 0 Å². The Balaban J connectivity index is 1.85. The summed E-state index contributed by atoms with van der Waals surface area (Å²) >= 11 is 3.67. The molecule has 0 amide bonds. The number of para-hydroxylation sites is 1. The highest BCUT2D eigenvalue weighted by Gasteiger charge is 2.33. The van der Waals surface area contributed by atoms with E-state index in [1.807, 2.05) is 25.1 Å². The fraction of sp³-hybridized carbons (Fsp3) is 0.471. The number of rotatable bonds is 4. The summed E-state index contributed by atoms with van der Waals surface area (Å²) in [6.07, 6.45) is 5.16. The summed E-state index contributed by atoms with van der Waals surface area (Å²) in [6, 6.07) is 10.3. The predicted octanol–water partition coefficient (Wildman–Crippen LogP) is 4.88. The van der Waals surface area contributed by atoms with Gasteiger partial charge in [-0.3, -0.25) is 0 Å². The first-order chi connectivity index (χ1) is 9.72. The van der Waals surface area contributed by atoms with E-state index in [2.05, 4.69) is 33.0 Å². The van der Waals surface area contributed by atoms with Crippen LogP contribution in [0.3, 0.4) is 0 Å². The van der Waals surface area contributed by atoms with E-state index in [0.29, 0.717) is 5.41 Å². The molecule has 3 rings (SSSR count). The molecule has 20 heavy (non-hydrogen) atoms. The SMILES string of the molecule is Cc1ccc2cccc(OCC3(CBr)CCCC3)c2n1. The van der Waals surface area contributed by atoms with Gasteiger partial charge in [0.2, 0.25) is 0 Å². The molecule has 1 aliphatic carbocycles. The summed E-state index contributed by atoms with van der Waals surface area (Å²) < 4.78 is 6.16. The normalized spacial score (nSPS) is 17.5. The topological polar surface area (TPSA) is 22.1 Å². The van der Waals surface area contributed by atoms with Gasteiger partial charge in [-0.05, 0) is 31.9 Å². The van der Waals surface area contributed by atoms with Gasteiger partial charge >= 0.3 is 0 Å². The minimum Gasteiger partial charge on any atom is -0.491 e. The molecule has 1 saturated carbocycles. The van der Waals surface area contributed by atoms with Gasteiger partial charge in [0.05, 0.1) is 6.61 Å². The van der Waals surface area contributed by atoms with Crippen LogP contribution in [0.4, 0.5) is 0 Å². The summed E-state index contributed by atoms with van der Waals surface area (Å²) in [5.74, 6) is 0.915. The average Bonchev–Trinajstić information content (AvgIpc) is 2.94. The second-order valence-electron chi connectivity index (χ2n) is 5.91. The number of aryl methyl sites for hydroxylation is 1. The van der Waals surface area contributed by atoms with Crippen molar-refractivity contribution in [1.29, 1.82) is 0 Å². The van der Waals surface area contributed by atoms with Gasteiger partial charge in [-0.2, -0.15) is 0 Å². The highest BCUT2D eigenvalue weighted by Crippen LogP contribution is 2.40. The first kappa shape index (κ1) is 13.9. The third-order valence-electron chi connectivity index (χ3n) is 4.30. The fourth-order valence-corrected chi connectivity index (χ4v) is 3.73. The zero-order chi connectivity index (χ0) is 14.0. The van der Waals surface area contributed by atoms with E-state index in [1.165, 1.54) is 25.7 Å². The number of aromatic nitrogens is 1. The molecule has 0 unspecified atom stereocenters. The minimum atomic E-state index is 0.311. The van der Waals surface area contributed by atoms with Crippen LogP contribution in [0.25, 0.3) is 10.9 Å². The van der Waals surface area contributed by atoms with E-state index >= 15 is 0 Å². The number of fused-ring (bicyclic) bond motifs is 1. The molecule has 1 aromatic heterocycles. The maximum Gasteiger partial charge on any atom is 0.145 e. The van der Waals surface area contributed by atoms with Gasteiger partial charge in [0, 0.05) is 21.8 Å². The summed E-state index contributed by atoms with van der Waals surface area (Å²) in [4.78, 5) is 4.63. The van der Waals surface area contributed by atoms with E-state index in [4.69, 9.17) is 4.74 Å². The number of benzene rings is 1. The molecule has 0 N–H and O–H groups in total. The van der Waals surface area contributed by atoms with Crippen LogP contribution >= 0.6 is 15.9 Å². The van der Waals surface area contributed by atoms with Crippen LogP contribution in [0.5, 0.6) is 5.75 Å². The van der Waals surface area contributed by atoms with Crippen molar-refractivity contribution in [3.8, 4) is 5.75 Å². The van der Waals surface area contributed by atoms with Crippen LogP contribution in [0, 0.1) is 12.3 Å². The van der Waals surface area contributed by atoms with Crippen LogP contribution in [0.2, 0.25) is 0 Å². The van der Waals surface area contributed by atoms with Gasteiger partial charge in [-0.1, -0.05) is 47.0 Å². The standard InChI is InChI=1S/C17H20BrNO/c1-13-7-8-14-5-4-6-15(16(14)19-13)20-12-17(11-18)9-2-3-10-17/h4-8H,2-3,9-12H2,1H3. The second-order valence-corrected chi connectivity index (χ2v) is 6.47. The molecule has 0 radical (unpaired) electrons. The average molecular weight is 334 g/mol. The van der Waals surface area contributed by atoms with Crippen molar-refractivity contribution in [2.24, 2.45) is 5.41 Å². The molecule has 1 heterocycles. The molecule has 1 aromatic carbocycles. The van der Waals surface area contributed by atoms with Crippen molar-refractivity contribution >= 4 is 26.8 Å². The van der Waals surface area contributed by atoms with Crippen molar-refractivity contribution in [3.63, 3.8) is 0 Å². The van der Waals surface area contributed by atoms with Crippen LogP contribution < -0.4 is 4.74 Å². The van der Waals surface area contributed by atoms with Crippen molar-refractivity contribution < 1.29 is 4.74 Å². The number of nitrogens with zero attached hydrogens (tertiary/aromatic N) is 1. The molecule has 106 valence electrons. The van der Waals surface area contributed by atoms with Gasteiger partial charge in [-0.25, -0.2) is 4.98 Å². The van der Waals surface area contributed by atoms with Gasteiger partial charge < -0.3 is 4.74 Å². The molecule has 0 bridgehead atoms. The number of pyridine rings is 1. The maximum absolute atomic E-state index is 6.16. The lowest BCUT2D eigenvalue weighted by Crippen LogP contribution is -2.27. The van der Waals surface area contributed by atoms with Crippen molar-refractivity contribution in [2.75, 3.05) is 11.9 Å². The molecular weight excluding hydrogens is 314 g/mol. The Labute approximate surface area is 128 Å². The van der Waals surface area contributed by atoms with Crippen LogP contribution in [-0.4, -0.2) is 16.9 Å². The van der Waals surface area contributed by atoms with Crippen LogP contribution in [0.15, 0.2) is 30.3 Å². The molecule has 2 aromatic rings. The number of ether oxygens (including phenoxy) is 1. The predicted molar refractivity (Wildman–Crippen MR) is 86.7 cm³/mol. The van der Waals surface area contributed by atoms with Crippen molar-refractivity contribution in [2.45, 2.75) is 32.6 Å². The third-order valence-corrected chi connectivity index (χ3v) is 5.49. The molecular formula is C17H20BrNO. The lowest BCUT2D eigenvalue weighted by molar-refractivity contribution is 0.175. The zero-order valence-electron chi connectivity index (χ0n) is 11.9.